The van der Waals surface area contributed by atoms with Crippen molar-refractivity contribution in [1.29, 1.82) is 0 Å². The van der Waals surface area contributed by atoms with E-state index >= 15 is 0 Å². The van der Waals surface area contributed by atoms with Gasteiger partial charge in [0.2, 0.25) is 0 Å². The first-order valence-corrected chi connectivity index (χ1v) is 14.0. The molecule has 1 aromatic heterocycles. The number of esters is 2. The number of hydrogen-bond donors (Lipinski definition) is 1. The molecule has 3 aromatic rings. The van der Waals surface area contributed by atoms with Crippen LogP contribution < -0.4 is 14.8 Å². The number of carbonyl (C=O) groups excluding carboxylic acids is 2. The number of para-hydroxylation sites is 1. The number of aromatic nitrogens is 1. The topological polar surface area (TPSA) is 99.2 Å². The molecule has 4 rings (SSSR count). The average molecular weight is 562 g/mol. The molecule has 41 heavy (non-hydrogen) atoms. The lowest BCUT2D eigenvalue weighted by Crippen LogP contribution is -2.45. The van der Waals surface area contributed by atoms with Crippen LogP contribution in [0.2, 0.25) is 0 Å². The summed E-state index contributed by atoms with van der Waals surface area (Å²) >= 11 is 0. The number of anilines is 1. The van der Waals surface area contributed by atoms with Crippen molar-refractivity contribution in [2.75, 3.05) is 19.5 Å². The second-order valence-corrected chi connectivity index (χ2v) is 10.6. The Labute approximate surface area is 241 Å². The first-order valence-electron chi connectivity index (χ1n) is 14.0. The fourth-order valence-electron chi connectivity index (χ4n) is 4.93. The summed E-state index contributed by atoms with van der Waals surface area (Å²) in [4.78, 5) is 33.5. The Balaban J connectivity index is 1.89. The summed E-state index contributed by atoms with van der Waals surface area (Å²) in [7, 11) is 3.12. The molecule has 0 aliphatic carbocycles. The molecule has 218 valence electrons. The maximum Gasteiger partial charge on any atom is 0.352 e. The molecule has 9 nitrogen and oxygen atoms in total. The van der Waals surface area contributed by atoms with Crippen LogP contribution in [0, 0.1) is 0 Å². The molecule has 0 bridgehead atoms. The van der Waals surface area contributed by atoms with Gasteiger partial charge in [0.15, 0.2) is 5.57 Å². The van der Waals surface area contributed by atoms with Crippen LogP contribution in [-0.2, 0) is 25.6 Å². The van der Waals surface area contributed by atoms with E-state index < -0.39 is 17.7 Å². The van der Waals surface area contributed by atoms with E-state index in [1.807, 2.05) is 35.2 Å². The minimum Gasteiger partial charge on any atom is -0.497 e. The van der Waals surface area contributed by atoms with Gasteiger partial charge in [-0.2, -0.15) is 0 Å². The lowest BCUT2D eigenvalue weighted by atomic mass is 10.0. The first-order chi connectivity index (χ1) is 19.7. The normalized spacial score (nSPS) is 15.1. The summed E-state index contributed by atoms with van der Waals surface area (Å²) in [6.45, 7) is 7.72. The third-order valence-electron chi connectivity index (χ3n) is 7.11. The van der Waals surface area contributed by atoms with Gasteiger partial charge in [-0.05, 0) is 43.2 Å². The zero-order chi connectivity index (χ0) is 29.6. The number of carbonyl (C=O) groups is 2. The third-order valence-corrected chi connectivity index (χ3v) is 7.11. The van der Waals surface area contributed by atoms with Crippen LogP contribution in [0.4, 0.5) is 5.69 Å². The van der Waals surface area contributed by atoms with E-state index in [9.17, 15) is 9.59 Å². The van der Waals surface area contributed by atoms with Gasteiger partial charge in [0.05, 0.1) is 25.4 Å². The van der Waals surface area contributed by atoms with Crippen molar-refractivity contribution in [3.8, 4) is 11.5 Å². The van der Waals surface area contributed by atoms with Crippen LogP contribution in [0.1, 0.15) is 58.9 Å². The SMILES string of the molecule is CCCCCC(C)N(Cc1ccnc2ccccc12)C(Nc1ccc(OC)cc1OC)=C1C(=O)OC(C)(C)OC1=O. The quantitative estimate of drug-likeness (QED) is 0.120. The summed E-state index contributed by atoms with van der Waals surface area (Å²) < 4.78 is 22.1. The smallest absolute Gasteiger partial charge is 0.352 e. The van der Waals surface area contributed by atoms with Crippen molar-refractivity contribution in [2.45, 2.75) is 71.8 Å². The number of fused-ring (bicyclic) bond motifs is 1. The number of nitrogens with one attached hydrogen (secondary N) is 1. The van der Waals surface area contributed by atoms with E-state index in [1.165, 1.54) is 13.8 Å². The summed E-state index contributed by atoms with van der Waals surface area (Å²) in [5.74, 6) is -1.53. The summed E-state index contributed by atoms with van der Waals surface area (Å²) in [6.07, 6.45) is 5.74. The zero-order valence-corrected chi connectivity index (χ0v) is 24.7. The Bertz CT molecular complexity index is 1410. The van der Waals surface area contributed by atoms with Gasteiger partial charge in [0.25, 0.3) is 5.79 Å². The lowest BCUT2D eigenvalue weighted by molar-refractivity contribution is -0.222. The maximum absolute atomic E-state index is 13.5. The highest BCUT2D eigenvalue weighted by Gasteiger charge is 2.43. The van der Waals surface area contributed by atoms with E-state index in [0.29, 0.717) is 23.7 Å². The predicted molar refractivity (Wildman–Crippen MR) is 157 cm³/mol. The molecule has 1 saturated heterocycles. The minimum atomic E-state index is -1.38. The number of pyridine rings is 1. The van der Waals surface area contributed by atoms with Crippen molar-refractivity contribution in [1.82, 2.24) is 9.88 Å². The van der Waals surface area contributed by atoms with Crippen LogP contribution in [0.25, 0.3) is 10.9 Å². The molecular formula is C32H39N3O6. The van der Waals surface area contributed by atoms with Crippen LogP contribution >= 0.6 is 0 Å². The third kappa shape index (κ3) is 6.90. The van der Waals surface area contributed by atoms with Crippen molar-refractivity contribution >= 4 is 28.5 Å². The molecule has 0 saturated carbocycles. The van der Waals surface area contributed by atoms with Crippen molar-refractivity contribution in [3.05, 3.63) is 71.7 Å². The van der Waals surface area contributed by atoms with Crippen LogP contribution in [-0.4, -0.2) is 47.9 Å². The van der Waals surface area contributed by atoms with Gasteiger partial charge >= 0.3 is 11.9 Å². The standard InChI is InChI=1S/C32H39N3O6/c1-7-8-9-12-21(2)35(20-22-17-18-33-25-14-11-10-13-24(22)25)29(28-30(36)40-32(3,4)41-31(28)37)34-26-16-15-23(38-5)19-27(26)39-6/h10-11,13-19,21,34H,7-9,12,20H2,1-6H3. The number of cyclic esters (lactones) is 2. The molecule has 9 heteroatoms. The second kappa shape index (κ2) is 12.9. The van der Waals surface area contributed by atoms with Gasteiger partial charge in [-0.1, -0.05) is 44.4 Å². The largest absolute Gasteiger partial charge is 0.497 e. The molecule has 0 radical (unpaired) electrons. The Morgan fingerprint density at radius 3 is 2.44 bits per heavy atom. The highest BCUT2D eigenvalue weighted by molar-refractivity contribution is 6.16. The monoisotopic (exact) mass is 561 g/mol. The van der Waals surface area contributed by atoms with E-state index in [1.54, 1.807) is 38.6 Å². The molecule has 1 fully saturated rings. The number of hydrogen-bond acceptors (Lipinski definition) is 9. The molecular weight excluding hydrogens is 522 g/mol. The number of rotatable bonds is 12. The van der Waals surface area contributed by atoms with Gasteiger partial charge in [-0.3, -0.25) is 4.98 Å². The lowest BCUT2D eigenvalue weighted by Gasteiger charge is -2.37. The minimum absolute atomic E-state index is 0.0664. The second-order valence-electron chi connectivity index (χ2n) is 10.6. The Morgan fingerprint density at radius 1 is 1.02 bits per heavy atom. The molecule has 1 N–H and O–H groups in total. The Hall–Kier alpha value is -4.27. The predicted octanol–water partition coefficient (Wildman–Crippen LogP) is 6.18. The van der Waals surface area contributed by atoms with E-state index in [-0.39, 0.29) is 17.4 Å². The van der Waals surface area contributed by atoms with Gasteiger partial charge < -0.3 is 29.2 Å². The van der Waals surface area contributed by atoms with Gasteiger partial charge in [0.1, 0.15) is 17.3 Å². The Morgan fingerprint density at radius 2 is 1.76 bits per heavy atom. The van der Waals surface area contributed by atoms with Crippen LogP contribution in [0.3, 0.4) is 0 Å². The van der Waals surface area contributed by atoms with Crippen LogP contribution in [0.5, 0.6) is 11.5 Å². The molecule has 1 aliphatic rings. The molecule has 0 spiro atoms. The molecule has 1 aliphatic heterocycles. The van der Waals surface area contributed by atoms with Crippen molar-refractivity contribution in [2.24, 2.45) is 0 Å². The van der Waals surface area contributed by atoms with E-state index in [4.69, 9.17) is 18.9 Å². The van der Waals surface area contributed by atoms with Crippen LogP contribution in [0.15, 0.2) is 66.1 Å². The number of nitrogens with zero attached hydrogens (tertiary/aromatic N) is 2. The molecule has 1 unspecified atom stereocenters. The average Bonchev–Trinajstić information content (AvgIpc) is 2.94. The highest BCUT2D eigenvalue weighted by Crippen LogP contribution is 2.35. The van der Waals surface area contributed by atoms with E-state index in [0.717, 1.165) is 42.1 Å². The number of unbranched alkanes of at least 4 members (excludes halogenated alkanes) is 2. The molecule has 2 heterocycles. The first kappa shape index (κ1) is 29.7. The number of methoxy groups -OCH3 is 2. The van der Waals surface area contributed by atoms with Gasteiger partial charge in [-0.25, -0.2) is 9.59 Å². The summed E-state index contributed by atoms with van der Waals surface area (Å²) in [5.41, 5.74) is 2.20. The molecule has 2 aromatic carbocycles. The van der Waals surface area contributed by atoms with Gasteiger partial charge in [0, 0.05) is 44.1 Å². The molecule has 0 amide bonds. The Kier molecular flexibility index (Phi) is 9.37. The molecule has 1 atom stereocenters. The summed E-state index contributed by atoms with van der Waals surface area (Å²) in [6, 6.07) is 15.1. The van der Waals surface area contributed by atoms with Crippen molar-refractivity contribution < 1.29 is 28.5 Å². The maximum atomic E-state index is 13.5. The fraction of sp³-hybridized carbons (Fsp3) is 0.406. The van der Waals surface area contributed by atoms with Crippen molar-refractivity contribution in [3.63, 3.8) is 0 Å². The zero-order valence-electron chi connectivity index (χ0n) is 24.7. The summed E-state index contributed by atoms with van der Waals surface area (Å²) in [5, 5.41) is 4.34. The highest BCUT2D eigenvalue weighted by atomic mass is 16.7. The number of ether oxygens (including phenoxy) is 4. The fourth-order valence-corrected chi connectivity index (χ4v) is 4.93. The number of benzene rings is 2. The van der Waals surface area contributed by atoms with Gasteiger partial charge in [-0.15, -0.1) is 0 Å². The van der Waals surface area contributed by atoms with E-state index in [2.05, 4.69) is 24.1 Å².